The second-order valence-electron chi connectivity index (χ2n) is 8.26. The summed E-state index contributed by atoms with van der Waals surface area (Å²) < 4.78 is 39.6. The van der Waals surface area contributed by atoms with Crippen molar-refractivity contribution in [2.45, 2.75) is 44.7 Å². The zero-order valence-corrected chi connectivity index (χ0v) is 15.4. The fraction of sp³-hybridized carbons (Fsp3) is 0.700. The Hall–Kier alpha value is -1.79. The average molecular weight is 381 g/mol. The third-order valence-electron chi connectivity index (χ3n) is 6.55. The molecule has 0 spiro atoms. The predicted octanol–water partition coefficient (Wildman–Crippen LogP) is 3.97. The van der Waals surface area contributed by atoms with E-state index in [0.29, 0.717) is 31.3 Å². The molecule has 1 saturated carbocycles. The van der Waals surface area contributed by atoms with E-state index in [4.69, 9.17) is 0 Å². The van der Waals surface area contributed by atoms with Crippen molar-refractivity contribution in [1.82, 2.24) is 9.88 Å². The summed E-state index contributed by atoms with van der Waals surface area (Å²) in [5, 5.41) is 0. The smallest absolute Gasteiger partial charge is 0.356 e. The van der Waals surface area contributed by atoms with Crippen molar-refractivity contribution in [2.75, 3.05) is 31.1 Å². The molecule has 0 aromatic carbocycles. The molecular formula is C20H26F3N3O. The molecule has 148 valence electrons. The number of halogens is 3. The lowest BCUT2D eigenvalue weighted by molar-refractivity contribution is -0.137. The maximum Gasteiger partial charge on any atom is 0.419 e. The van der Waals surface area contributed by atoms with Crippen LogP contribution < -0.4 is 4.90 Å². The number of amides is 1. The number of likely N-dealkylation sites (tertiary alicyclic amines) is 1. The second-order valence-corrected chi connectivity index (χ2v) is 8.26. The van der Waals surface area contributed by atoms with Gasteiger partial charge in [0.15, 0.2) is 0 Å². The third-order valence-corrected chi connectivity index (χ3v) is 6.55. The minimum absolute atomic E-state index is 0.0159. The molecule has 3 aliphatic rings. The van der Waals surface area contributed by atoms with Gasteiger partial charge in [0.05, 0.1) is 5.56 Å². The van der Waals surface area contributed by atoms with Crippen LogP contribution in [0.15, 0.2) is 18.3 Å². The molecule has 1 amide bonds. The lowest BCUT2D eigenvalue weighted by Crippen LogP contribution is -2.38. The number of aromatic nitrogens is 1. The highest BCUT2D eigenvalue weighted by Crippen LogP contribution is 2.39. The molecule has 1 aromatic heterocycles. The number of pyridine rings is 1. The van der Waals surface area contributed by atoms with Gasteiger partial charge in [-0.15, -0.1) is 0 Å². The van der Waals surface area contributed by atoms with Crippen molar-refractivity contribution in [2.24, 2.45) is 17.8 Å². The lowest BCUT2D eigenvalue weighted by atomic mass is 9.92. The quantitative estimate of drug-likeness (QED) is 0.795. The van der Waals surface area contributed by atoms with Gasteiger partial charge in [0, 0.05) is 38.8 Å². The van der Waals surface area contributed by atoms with Crippen molar-refractivity contribution < 1.29 is 18.0 Å². The topological polar surface area (TPSA) is 36.4 Å². The summed E-state index contributed by atoms with van der Waals surface area (Å²) in [5.74, 6) is 1.90. The van der Waals surface area contributed by atoms with Crippen LogP contribution in [0.1, 0.15) is 44.1 Å². The molecule has 3 fully saturated rings. The fourth-order valence-electron chi connectivity index (χ4n) is 5.03. The molecule has 2 aliphatic heterocycles. The SMILES string of the molecule is O=C(CC1CCN(c2ncccc2C(F)(F)F)CC1)N1CC2CCCC2C1. The van der Waals surface area contributed by atoms with Crippen molar-refractivity contribution in [3.63, 3.8) is 0 Å². The Morgan fingerprint density at radius 3 is 2.41 bits per heavy atom. The van der Waals surface area contributed by atoms with Gasteiger partial charge < -0.3 is 9.80 Å². The van der Waals surface area contributed by atoms with Crippen molar-refractivity contribution in [3.05, 3.63) is 23.9 Å². The van der Waals surface area contributed by atoms with E-state index >= 15 is 0 Å². The van der Waals surface area contributed by atoms with Gasteiger partial charge in [-0.1, -0.05) is 6.42 Å². The third kappa shape index (κ3) is 3.92. The van der Waals surface area contributed by atoms with E-state index in [1.54, 1.807) is 4.90 Å². The summed E-state index contributed by atoms with van der Waals surface area (Å²) in [4.78, 5) is 20.4. The van der Waals surface area contributed by atoms with Crippen LogP contribution in [0.5, 0.6) is 0 Å². The Balaban J connectivity index is 1.31. The van der Waals surface area contributed by atoms with Crippen LogP contribution >= 0.6 is 0 Å². The molecule has 0 bridgehead atoms. The van der Waals surface area contributed by atoms with E-state index in [0.717, 1.165) is 32.0 Å². The number of hydrogen-bond donors (Lipinski definition) is 0. The highest BCUT2D eigenvalue weighted by atomic mass is 19.4. The standard InChI is InChI=1S/C20H26F3N3O/c21-20(22,23)17-5-2-8-24-19(17)25-9-6-14(7-10-25)11-18(27)26-12-15-3-1-4-16(15)13-26/h2,5,8,14-16H,1,3-4,6-7,9-13H2. The summed E-state index contributed by atoms with van der Waals surface area (Å²) in [5.41, 5.74) is -0.678. The predicted molar refractivity (Wildman–Crippen MR) is 96.2 cm³/mol. The summed E-state index contributed by atoms with van der Waals surface area (Å²) in [6.45, 7) is 2.85. The largest absolute Gasteiger partial charge is 0.419 e. The van der Waals surface area contributed by atoms with Crippen LogP contribution in [0.3, 0.4) is 0 Å². The van der Waals surface area contributed by atoms with Gasteiger partial charge in [-0.2, -0.15) is 13.2 Å². The molecule has 7 heteroatoms. The van der Waals surface area contributed by atoms with Crippen LogP contribution in [0.4, 0.5) is 19.0 Å². The fourth-order valence-corrected chi connectivity index (χ4v) is 5.03. The van der Waals surface area contributed by atoms with Crippen LogP contribution in [-0.2, 0) is 11.0 Å². The zero-order valence-electron chi connectivity index (χ0n) is 15.4. The van der Waals surface area contributed by atoms with Crippen molar-refractivity contribution in [3.8, 4) is 0 Å². The van der Waals surface area contributed by atoms with Crippen LogP contribution in [0.25, 0.3) is 0 Å². The number of rotatable bonds is 3. The van der Waals surface area contributed by atoms with Gasteiger partial charge in [-0.3, -0.25) is 4.79 Å². The Morgan fingerprint density at radius 1 is 1.11 bits per heavy atom. The van der Waals surface area contributed by atoms with Crippen LogP contribution in [0.2, 0.25) is 0 Å². The Labute approximate surface area is 157 Å². The number of piperidine rings is 1. The van der Waals surface area contributed by atoms with Gasteiger partial charge in [-0.05, 0) is 55.6 Å². The van der Waals surface area contributed by atoms with E-state index in [1.807, 2.05) is 4.90 Å². The first-order valence-corrected chi connectivity index (χ1v) is 9.96. The number of alkyl halides is 3. The highest BCUT2D eigenvalue weighted by Gasteiger charge is 2.39. The maximum absolute atomic E-state index is 13.2. The average Bonchev–Trinajstić information content (AvgIpc) is 3.24. The molecule has 4 nitrogen and oxygen atoms in total. The van der Waals surface area contributed by atoms with Gasteiger partial charge in [0.2, 0.25) is 5.91 Å². The molecule has 0 radical (unpaired) electrons. The molecule has 4 rings (SSSR count). The molecule has 2 atom stereocenters. The number of anilines is 1. The first kappa shape index (κ1) is 18.6. The van der Waals surface area contributed by atoms with Gasteiger partial charge >= 0.3 is 6.18 Å². The first-order valence-electron chi connectivity index (χ1n) is 9.96. The summed E-state index contributed by atoms with van der Waals surface area (Å²) in [6.07, 6.45) is 2.80. The van der Waals surface area contributed by atoms with E-state index in [2.05, 4.69) is 4.98 Å². The molecule has 1 aliphatic carbocycles. The highest BCUT2D eigenvalue weighted by molar-refractivity contribution is 5.76. The second kappa shape index (κ2) is 7.32. The minimum Gasteiger partial charge on any atom is -0.356 e. The number of carbonyl (C=O) groups is 1. The Kier molecular flexibility index (Phi) is 5.03. The van der Waals surface area contributed by atoms with Crippen molar-refractivity contribution >= 4 is 11.7 Å². The summed E-state index contributed by atoms with van der Waals surface area (Å²) in [7, 11) is 0. The van der Waals surface area contributed by atoms with E-state index in [1.165, 1.54) is 31.5 Å². The number of hydrogen-bond acceptors (Lipinski definition) is 3. The van der Waals surface area contributed by atoms with E-state index < -0.39 is 11.7 Å². The molecular weight excluding hydrogens is 355 g/mol. The van der Waals surface area contributed by atoms with Crippen LogP contribution in [0, 0.1) is 17.8 Å². The van der Waals surface area contributed by atoms with Gasteiger partial charge in [-0.25, -0.2) is 4.98 Å². The van der Waals surface area contributed by atoms with Gasteiger partial charge in [0.25, 0.3) is 0 Å². The Morgan fingerprint density at radius 2 is 1.78 bits per heavy atom. The Bertz CT molecular complexity index is 673. The zero-order chi connectivity index (χ0) is 19.0. The van der Waals surface area contributed by atoms with E-state index in [-0.39, 0.29) is 17.6 Å². The molecule has 1 aromatic rings. The van der Waals surface area contributed by atoms with Gasteiger partial charge in [0.1, 0.15) is 5.82 Å². The number of fused-ring (bicyclic) bond motifs is 1. The molecule has 2 saturated heterocycles. The molecule has 3 heterocycles. The van der Waals surface area contributed by atoms with Crippen LogP contribution in [-0.4, -0.2) is 42.0 Å². The monoisotopic (exact) mass is 381 g/mol. The lowest BCUT2D eigenvalue weighted by Gasteiger charge is -2.34. The summed E-state index contributed by atoms with van der Waals surface area (Å²) >= 11 is 0. The molecule has 2 unspecified atom stereocenters. The molecule has 0 N–H and O–H groups in total. The molecule has 27 heavy (non-hydrogen) atoms. The first-order chi connectivity index (χ1) is 12.9. The van der Waals surface area contributed by atoms with Crippen molar-refractivity contribution in [1.29, 1.82) is 0 Å². The maximum atomic E-state index is 13.2. The normalized spacial score (nSPS) is 26.5. The van der Waals surface area contributed by atoms with E-state index in [9.17, 15) is 18.0 Å². The minimum atomic E-state index is -4.40. The number of carbonyl (C=O) groups excluding carboxylic acids is 1. The summed E-state index contributed by atoms with van der Waals surface area (Å²) in [6, 6.07) is 2.41. The number of nitrogens with zero attached hydrogens (tertiary/aromatic N) is 3.